The van der Waals surface area contributed by atoms with E-state index in [4.69, 9.17) is 9.47 Å². The summed E-state index contributed by atoms with van der Waals surface area (Å²) in [6.07, 6.45) is -0.0155. The number of amides is 1. The molecule has 1 N–H and O–H groups in total. The number of thiazole rings is 1. The van der Waals surface area contributed by atoms with Crippen LogP contribution in [0.2, 0.25) is 0 Å². The van der Waals surface area contributed by atoms with Gasteiger partial charge in [0, 0.05) is 10.9 Å². The lowest BCUT2D eigenvalue weighted by Gasteiger charge is -2.16. The van der Waals surface area contributed by atoms with E-state index in [9.17, 15) is 4.79 Å². The Morgan fingerprint density at radius 3 is 2.70 bits per heavy atom. The van der Waals surface area contributed by atoms with Crippen molar-refractivity contribution in [1.82, 2.24) is 4.98 Å². The Balaban J connectivity index is 1.73. The van der Waals surface area contributed by atoms with Gasteiger partial charge in [0.2, 0.25) is 0 Å². The lowest BCUT2D eigenvalue weighted by molar-refractivity contribution is -0.122. The minimum absolute atomic E-state index is 0.210. The molecule has 0 aliphatic carbocycles. The van der Waals surface area contributed by atoms with Crippen LogP contribution in [0.5, 0.6) is 11.5 Å². The van der Waals surface area contributed by atoms with Crippen LogP contribution in [0.1, 0.15) is 18.9 Å². The average molecular weight is 382 g/mol. The minimum atomic E-state index is -0.576. The number of nitrogens with zero attached hydrogens (tertiary/aromatic N) is 1. The van der Waals surface area contributed by atoms with Crippen molar-refractivity contribution in [2.45, 2.75) is 26.4 Å². The number of ether oxygens (including phenoxy) is 2. The van der Waals surface area contributed by atoms with E-state index in [1.807, 2.05) is 67.8 Å². The van der Waals surface area contributed by atoms with Crippen molar-refractivity contribution in [3.05, 3.63) is 59.5 Å². The fourth-order valence-corrected chi connectivity index (χ4v) is 3.36. The highest BCUT2D eigenvalue weighted by Crippen LogP contribution is 2.33. The third kappa shape index (κ3) is 4.65. The molecule has 0 aliphatic rings. The largest absolute Gasteiger partial charge is 0.496 e. The Morgan fingerprint density at radius 2 is 2.00 bits per heavy atom. The smallest absolute Gasteiger partial charge is 0.267 e. The summed E-state index contributed by atoms with van der Waals surface area (Å²) in [6.45, 7) is 3.93. The van der Waals surface area contributed by atoms with Crippen LogP contribution in [-0.2, 0) is 4.79 Å². The van der Waals surface area contributed by atoms with Crippen LogP contribution in [0.25, 0.3) is 11.3 Å². The minimum Gasteiger partial charge on any atom is -0.496 e. The van der Waals surface area contributed by atoms with Crippen molar-refractivity contribution in [1.29, 1.82) is 0 Å². The molecule has 3 aromatic rings. The topological polar surface area (TPSA) is 60.5 Å². The normalized spacial score (nSPS) is 11.7. The molecule has 1 heterocycles. The number of hydrogen-bond donors (Lipinski definition) is 1. The van der Waals surface area contributed by atoms with Crippen molar-refractivity contribution < 1.29 is 14.3 Å². The van der Waals surface area contributed by atoms with E-state index < -0.39 is 6.10 Å². The summed E-state index contributed by atoms with van der Waals surface area (Å²) in [5, 5.41) is 5.30. The van der Waals surface area contributed by atoms with E-state index in [0.29, 0.717) is 17.3 Å². The molecule has 27 heavy (non-hydrogen) atoms. The molecule has 1 amide bonds. The summed E-state index contributed by atoms with van der Waals surface area (Å²) in [5.41, 5.74) is 2.79. The van der Waals surface area contributed by atoms with Gasteiger partial charge in [-0.2, -0.15) is 0 Å². The Labute approximate surface area is 163 Å². The van der Waals surface area contributed by atoms with E-state index in [2.05, 4.69) is 10.3 Å². The molecule has 5 nitrogen and oxygen atoms in total. The van der Waals surface area contributed by atoms with Gasteiger partial charge in [-0.15, -0.1) is 11.3 Å². The lowest BCUT2D eigenvalue weighted by atomic mass is 10.1. The second-order valence-corrected chi connectivity index (χ2v) is 6.92. The quantitative estimate of drug-likeness (QED) is 0.630. The lowest BCUT2D eigenvalue weighted by Crippen LogP contribution is -2.32. The zero-order chi connectivity index (χ0) is 19.2. The molecule has 0 saturated heterocycles. The Morgan fingerprint density at radius 1 is 1.22 bits per heavy atom. The van der Waals surface area contributed by atoms with Crippen molar-refractivity contribution >= 4 is 22.4 Å². The third-order valence-corrected chi connectivity index (χ3v) is 4.81. The number of aromatic nitrogens is 1. The number of carbonyl (C=O) groups excluding carboxylic acids is 1. The molecule has 6 heteroatoms. The summed E-state index contributed by atoms with van der Waals surface area (Å²) in [7, 11) is 1.63. The molecular weight excluding hydrogens is 360 g/mol. The van der Waals surface area contributed by atoms with Crippen LogP contribution in [0.15, 0.2) is 53.9 Å². The Kier molecular flexibility index (Phi) is 6.08. The number of para-hydroxylation sites is 1. The predicted molar refractivity (Wildman–Crippen MR) is 109 cm³/mol. The maximum Gasteiger partial charge on any atom is 0.267 e. The fourth-order valence-electron chi connectivity index (χ4n) is 2.65. The van der Waals surface area contributed by atoms with Crippen molar-refractivity contribution in [3.8, 4) is 22.8 Å². The van der Waals surface area contributed by atoms with Gasteiger partial charge in [0.05, 0.1) is 12.8 Å². The summed E-state index contributed by atoms with van der Waals surface area (Å²) in [5.74, 6) is 1.21. The second kappa shape index (κ2) is 8.68. The summed E-state index contributed by atoms with van der Waals surface area (Å²) < 4.78 is 11.2. The Bertz CT molecular complexity index is 909. The number of rotatable bonds is 7. The van der Waals surface area contributed by atoms with Gasteiger partial charge >= 0.3 is 0 Å². The van der Waals surface area contributed by atoms with Crippen LogP contribution in [-0.4, -0.2) is 24.1 Å². The maximum absolute atomic E-state index is 12.6. The van der Waals surface area contributed by atoms with Gasteiger partial charge in [0.25, 0.3) is 5.91 Å². The molecule has 3 rings (SSSR count). The van der Waals surface area contributed by atoms with Crippen molar-refractivity contribution in [2.24, 2.45) is 0 Å². The fraction of sp³-hybridized carbons (Fsp3) is 0.238. The number of benzene rings is 2. The number of anilines is 1. The summed E-state index contributed by atoms with van der Waals surface area (Å²) >= 11 is 1.38. The van der Waals surface area contributed by atoms with Crippen LogP contribution < -0.4 is 14.8 Å². The van der Waals surface area contributed by atoms with Gasteiger partial charge in [0.15, 0.2) is 11.2 Å². The number of carbonyl (C=O) groups is 1. The predicted octanol–water partition coefficient (Wildman–Crippen LogP) is 4.92. The number of nitrogens with one attached hydrogen (secondary N) is 1. The first-order valence-electron chi connectivity index (χ1n) is 8.73. The molecule has 0 saturated carbocycles. The van der Waals surface area contributed by atoms with Crippen LogP contribution in [0.4, 0.5) is 5.13 Å². The first-order chi connectivity index (χ1) is 13.1. The van der Waals surface area contributed by atoms with Gasteiger partial charge in [0.1, 0.15) is 11.5 Å². The van der Waals surface area contributed by atoms with E-state index in [-0.39, 0.29) is 5.91 Å². The molecule has 0 aliphatic heterocycles. The average Bonchev–Trinajstić information content (AvgIpc) is 3.15. The standard InChI is InChI=1S/C21H22N2O3S/c1-4-18(26-15-8-6-5-7-9-15)20(24)23-21-22-17(13-27-21)16-12-14(2)10-11-19(16)25-3/h5-13,18H,4H2,1-3H3,(H,22,23,24). The monoisotopic (exact) mass is 382 g/mol. The van der Waals surface area contributed by atoms with Gasteiger partial charge in [-0.1, -0.05) is 36.8 Å². The zero-order valence-electron chi connectivity index (χ0n) is 15.6. The molecular formula is C21H22N2O3S. The molecule has 1 atom stereocenters. The third-order valence-electron chi connectivity index (χ3n) is 4.05. The number of methoxy groups -OCH3 is 1. The van der Waals surface area contributed by atoms with E-state index in [1.165, 1.54) is 11.3 Å². The summed E-state index contributed by atoms with van der Waals surface area (Å²) in [6, 6.07) is 15.3. The maximum atomic E-state index is 12.6. The Hall–Kier alpha value is -2.86. The molecule has 0 bridgehead atoms. The van der Waals surface area contributed by atoms with Crippen LogP contribution in [0, 0.1) is 6.92 Å². The zero-order valence-corrected chi connectivity index (χ0v) is 16.4. The van der Waals surface area contributed by atoms with Crippen LogP contribution in [0.3, 0.4) is 0 Å². The molecule has 0 fully saturated rings. The van der Waals surface area contributed by atoms with E-state index in [0.717, 1.165) is 22.6 Å². The first-order valence-corrected chi connectivity index (χ1v) is 9.61. The highest BCUT2D eigenvalue weighted by Gasteiger charge is 2.20. The van der Waals surface area contributed by atoms with E-state index >= 15 is 0 Å². The highest BCUT2D eigenvalue weighted by molar-refractivity contribution is 7.14. The molecule has 0 spiro atoms. The van der Waals surface area contributed by atoms with Crippen LogP contribution >= 0.6 is 11.3 Å². The van der Waals surface area contributed by atoms with Gasteiger partial charge in [-0.05, 0) is 37.6 Å². The number of aryl methyl sites for hydroxylation is 1. The molecule has 1 unspecified atom stereocenters. The van der Waals surface area contributed by atoms with Gasteiger partial charge in [-0.25, -0.2) is 4.98 Å². The SMILES string of the molecule is CCC(Oc1ccccc1)C(=O)Nc1nc(-c2cc(C)ccc2OC)cs1. The number of hydrogen-bond acceptors (Lipinski definition) is 5. The molecule has 2 aromatic carbocycles. The summed E-state index contributed by atoms with van der Waals surface area (Å²) in [4.78, 5) is 17.1. The molecule has 0 radical (unpaired) electrons. The first kappa shape index (κ1) is 18.9. The van der Waals surface area contributed by atoms with Crippen molar-refractivity contribution in [3.63, 3.8) is 0 Å². The molecule has 1 aromatic heterocycles. The van der Waals surface area contributed by atoms with Gasteiger partial charge < -0.3 is 9.47 Å². The highest BCUT2D eigenvalue weighted by atomic mass is 32.1. The molecule has 140 valence electrons. The van der Waals surface area contributed by atoms with Gasteiger partial charge in [-0.3, -0.25) is 10.1 Å². The van der Waals surface area contributed by atoms with E-state index in [1.54, 1.807) is 7.11 Å². The van der Waals surface area contributed by atoms with Crippen molar-refractivity contribution in [2.75, 3.05) is 12.4 Å². The second-order valence-electron chi connectivity index (χ2n) is 6.06.